The first-order valence-electron chi connectivity index (χ1n) is 7.57. The highest BCUT2D eigenvalue weighted by atomic mass is 15.1. The lowest BCUT2D eigenvalue weighted by atomic mass is 9.49. The summed E-state index contributed by atoms with van der Waals surface area (Å²) in [5, 5.41) is 0. The van der Waals surface area contributed by atoms with Gasteiger partial charge in [-0.1, -0.05) is 25.5 Å². The smallest absolute Gasteiger partial charge is 0.0925 e. The van der Waals surface area contributed by atoms with Crippen molar-refractivity contribution in [1.82, 2.24) is 14.9 Å². The van der Waals surface area contributed by atoms with E-state index in [1.165, 1.54) is 30.8 Å². The minimum absolute atomic E-state index is 0.555. The number of nitrogens with zero attached hydrogens (tertiary/aromatic N) is 2. The van der Waals surface area contributed by atoms with Gasteiger partial charge < -0.3 is 4.98 Å². The van der Waals surface area contributed by atoms with E-state index in [2.05, 4.69) is 34.8 Å². The van der Waals surface area contributed by atoms with Crippen LogP contribution >= 0.6 is 0 Å². The van der Waals surface area contributed by atoms with Crippen molar-refractivity contribution in [3.8, 4) is 0 Å². The van der Waals surface area contributed by atoms with Crippen molar-refractivity contribution >= 4 is 0 Å². The average molecular weight is 257 g/mol. The minimum atomic E-state index is 0.555. The molecule has 1 aromatic rings. The Bertz CT molecular complexity index is 526. The van der Waals surface area contributed by atoms with Gasteiger partial charge >= 0.3 is 0 Å². The van der Waals surface area contributed by atoms with Gasteiger partial charge in [-0.3, -0.25) is 4.90 Å². The van der Waals surface area contributed by atoms with Crippen LogP contribution in [0.5, 0.6) is 0 Å². The Hall–Kier alpha value is -1.09. The van der Waals surface area contributed by atoms with Gasteiger partial charge in [0, 0.05) is 26.1 Å². The number of H-pyrrole nitrogens is 1. The quantitative estimate of drug-likeness (QED) is 0.826. The summed E-state index contributed by atoms with van der Waals surface area (Å²) in [6.45, 7) is 8.29. The van der Waals surface area contributed by atoms with Crippen LogP contribution in [0.2, 0.25) is 0 Å². The lowest BCUT2D eigenvalue weighted by molar-refractivity contribution is -0.0110. The van der Waals surface area contributed by atoms with E-state index in [-0.39, 0.29) is 0 Å². The zero-order chi connectivity index (χ0) is 13.0. The Morgan fingerprint density at radius 3 is 3.16 bits per heavy atom. The van der Waals surface area contributed by atoms with Gasteiger partial charge in [0.1, 0.15) is 0 Å². The Kier molecular flexibility index (Phi) is 2.44. The second kappa shape index (κ2) is 3.95. The number of aromatic amines is 1. The van der Waals surface area contributed by atoms with Crippen molar-refractivity contribution in [3.63, 3.8) is 0 Å². The van der Waals surface area contributed by atoms with Crippen LogP contribution in [0.3, 0.4) is 0 Å². The van der Waals surface area contributed by atoms with E-state index in [1.807, 2.05) is 6.33 Å². The molecule has 1 N–H and O–H groups in total. The molecule has 2 heterocycles. The molecule has 4 aliphatic rings. The molecule has 0 saturated heterocycles. The zero-order valence-electron chi connectivity index (χ0n) is 11.9. The molecule has 0 spiro atoms. The highest BCUT2D eigenvalue weighted by Gasteiger charge is 2.51. The minimum Gasteiger partial charge on any atom is -0.347 e. The molecule has 0 radical (unpaired) electrons. The first kappa shape index (κ1) is 11.7. The number of allylic oxidation sites excluding steroid dienone is 1. The third-order valence-corrected chi connectivity index (χ3v) is 5.84. The van der Waals surface area contributed by atoms with E-state index < -0.39 is 0 Å². The molecule has 0 unspecified atom stereocenters. The van der Waals surface area contributed by atoms with Crippen LogP contribution in [0.1, 0.15) is 38.1 Å². The van der Waals surface area contributed by atoms with Gasteiger partial charge in [0.15, 0.2) is 0 Å². The van der Waals surface area contributed by atoms with E-state index >= 15 is 0 Å². The molecule has 0 amide bonds. The molecule has 1 fully saturated rings. The second-order valence-corrected chi connectivity index (χ2v) is 7.11. The maximum atomic E-state index is 4.39. The van der Waals surface area contributed by atoms with Crippen molar-refractivity contribution in [2.24, 2.45) is 17.3 Å². The largest absolute Gasteiger partial charge is 0.347 e. The summed E-state index contributed by atoms with van der Waals surface area (Å²) in [5.41, 5.74) is 4.86. The van der Waals surface area contributed by atoms with Gasteiger partial charge in [0.05, 0.1) is 17.7 Å². The fraction of sp³-hybridized carbons (Fsp3) is 0.688. The molecule has 19 heavy (non-hydrogen) atoms. The predicted molar refractivity (Wildman–Crippen MR) is 75.6 cm³/mol. The Morgan fingerprint density at radius 1 is 1.47 bits per heavy atom. The summed E-state index contributed by atoms with van der Waals surface area (Å²) in [6, 6.07) is 0. The monoisotopic (exact) mass is 257 g/mol. The molecule has 1 aromatic heterocycles. The number of fused-ring (bicyclic) bond motifs is 2. The average Bonchev–Trinajstić information content (AvgIpc) is 2.86. The van der Waals surface area contributed by atoms with Crippen LogP contribution in [-0.4, -0.2) is 28.0 Å². The number of hydrogen-bond donors (Lipinski definition) is 1. The van der Waals surface area contributed by atoms with Crippen LogP contribution < -0.4 is 0 Å². The maximum Gasteiger partial charge on any atom is 0.0925 e. The first-order valence-corrected chi connectivity index (χ1v) is 7.57. The fourth-order valence-electron chi connectivity index (χ4n) is 4.32. The van der Waals surface area contributed by atoms with Gasteiger partial charge in [0.25, 0.3) is 0 Å². The standard InChI is InChI=1S/C16H23N3/c1-16(2)12-4-3-11(13(16)7-12)8-19-6-5-14-15(9-19)18-10-17-14/h3,10,12-13H,4-9H2,1-2H3,(H,17,18)/t12-,13-/m0/s1. The zero-order valence-corrected chi connectivity index (χ0v) is 11.9. The number of aromatic nitrogens is 2. The van der Waals surface area contributed by atoms with E-state index in [0.29, 0.717) is 5.41 Å². The third kappa shape index (κ3) is 1.71. The van der Waals surface area contributed by atoms with Gasteiger partial charge in [-0.15, -0.1) is 0 Å². The number of imidazole rings is 1. The molecule has 1 saturated carbocycles. The van der Waals surface area contributed by atoms with Crippen molar-refractivity contribution in [2.75, 3.05) is 13.1 Å². The molecule has 3 aliphatic carbocycles. The molecule has 2 atom stereocenters. The van der Waals surface area contributed by atoms with E-state index in [0.717, 1.165) is 31.3 Å². The molecule has 5 rings (SSSR count). The van der Waals surface area contributed by atoms with Crippen molar-refractivity contribution in [2.45, 2.75) is 39.7 Å². The van der Waals surface area contributed by atoms with Crippen LogP contribution in [0.15, 0.2) is 18.0 Å². The third-order valence-electron chi connectivity index (χ3n) is 5.84. The van der Waals surface area contributed by atoms with Crippen LogP contribution in [0, 0.1) is 17.3 Å². The fourth-order valence-corrected chi connectivity index (χ4v) is 4.32. The number of nitrogens with one attached hydrogen (secondary N) is 1. The molecule has 3 heteroatoms. The summed E-state index contributed by atoms with van der Waals surface area (Å²) < 4.78 is 0. The Balaban J connectivity index is 1.47. The first-order chi connectivity index (χ1) is 9.14. The van der Waals surface area contributed by atoms with Crippen LogP contribution in [0.4, 0.5) is 0 Å². The van der Waals surface area contributed by atoms with E-state index in [4.69, 9.17) is 0 Å². The SMILES string of the molecule is CC1(C)[C@H]2CC=C(CN3CCc4nc[nH]c4C3)[C@@H]1C2. The molecule has 3 nitrogen and oxygen atoms in total. The van der Waals surface area contributed by atoms with Gasteiger partial charge in [-0.05, 0) is 30.1 Å². The topological polar surface area (TPSA) is 31.9 Å². The summed E-state index contributed by atoms with van der Waals surface area (Å²) in [5.74, 6) is 1.79. The van der Waals surface area contributed by atoms with Gasteiger partial charge in [-0.25, -0.2) is 4.98 Å². The summed E-state index contributed by atoms with van der Waals surface area (Å²) >= 11 is 0. The van der Waals surface area contributed by atoms with Gasteiger partial charge in [-0.2, -0.15) is 0 Å². The summed E-state index contributed by atoms with van der Waals surface area (Å²) in [4.78, 5) is 10.3. The summed E-state index contributed by atoms with van der Waals surface area (Å²) in [6.07, 6.45) is 8.22. The predicted octanol–water partition coefficient (Wildman–Crippen LogP) is 2.76. The molecular weight excluding hydrogens is 234 g/mol. The lowest BCUT2D eigenvalue weighted by Crippen LogP contribution is -2.50. The highest BCUT2D eigenvalue weighted by Crippen LogP contribution is 2.59. The molecule has 2 bridgehead atoms. The van der Waals surface area contributed by atoms with Crippen molar-refractivity contribution in [3.05, 3.63) is 29.4 Å². The van der Waals surface area contributed by atoms with E-state index in [1.54, 1.807) is 5.57 Å². The second-order valence-electron chi connectivity index (χ2n) is 7.11. The maximum absolute atomic E-state index is 4.39. The molecule has 0 aromatic carbocycles. The van der Waals surface area contributed by atoms with Crippen LogP contribution in [0.25, 0.3) is 0 Å². The molecule has 102 valence electrons. The Labute approximate surface area is 115 Å². The molecule has 1 aliphatic heterocycles. The van der Waals surface area contributed by atoms with E-state index in [9.17, 15) is 0 Å². The molecular formula is C16H23N3. The lowest BCUT2D eigenvalue weighted by Gasteiger charge is -2.57. The number of hydrogen-bond acceptors (Lipinski definition) is 2. The Morgan fingerprint density at radius 2 is 2.37 bits per heavy atom. The van der Waals surface area contributed by atoms with Crippen molar-refractivity contribution < 1.29 is 0 Å². The van der Waals surface area contributed by atoms with Crippen LogP contribution in [-0.2, 0) is 13.0 Å². The normalized spacial score (nSPS) is 32.4. The number of rotatable bonds is 2. The summed E-state index contributed by atoms with van der Waals surface area (Å²) in [7, 11) is 0. The van der Waals surface area contributed by atoms with Gasteiger partial charge in [0.2, 0.25) is 0 Å². The highest BCUT2D eigenvalue weighted by molar-refractivity contribution is 5.25. The van der Waals surface area contributed by atoms with Crippen molar-refractivity contribution in [1.29, 1.82) is 0 Å².